The van der Waals surface area contributed by atoms with Crippen LogP contribution in [-0.2, 0) is 18.3 Å². The van der Waals surface area contributed by atoms with E-state index in [1.807, 2.05) is 50.2 Å². The number of aryl methyl sites for hydroxylation is 4. The van der Waals surface area contributed by atoms with Crippen LogP contribution < -0.4 is 10.6 Å². The largest absolute Gasteiger partial charge is 0.338 e. The Morgan fingerprint density at radius 3 is 2.59 bits per heavy atom. The Morgan fingerprint density at radius 2 is 1.95 bits per heavy atom. The molecule has 2 aromatic carbocycles. The van der Waals surface area contributed by atoms with Crippen molar-refractivity contribution in [3.05, 3.63) is 88.5 Å². The Hall–Kier alpha value is -4.71. The zero-order valence-electron chi connectivity index (χ0n) is 20.9. The number of fused-ring (bicyclic) bond motifs is 1. The molecule has 0 spiro atoms. The first kappa shape index (κ1) is 24.0. The van der Waals surface area contributed by atoms with E-state index in [0.717, 1.165) is 40.1 Å². The summed E-state index contributed by atoms with van der Waals surface area (Å²) in [5, 5.41) is 26.6. The van der Waals surface area contributed by atoms with Crippen molar-refractivity contribution in [3.8, 4) is 17.2 Å². The fourth-order valence-corrected chi connectivity index (χ4v) is 5.13. The summed E-state index contributed by atoms with van der Waals surface area (Å²) in [6.07, 6.45) is 3.00. The third-order valence-corrected chi connectivity index (χ3v) is 6.99. The average Bonchev–Trinajstić information content (AvgIpc) is 3.61. The van der Waals surface area contributed by atoms with Gasteiger partial charge < -0.3 is 10.6 Å². The number of carbonyl (C=O) groups is 2. The Bertz CT molecular complexity index is 1510. The zero-order valence-corrected chi connectivity index (χ0v) is 20.9. The smallest absolute Gasteiger partial charge is 0.270 e. The van der Waals surface area contributed by atoms with Crippen molar-refractivity contribution in [3.63, 3.8) is 0 Å². The van der Waals surface area contributed by atoms with Crippen molar-refractivity contribution in [2.75, 3.05) is 5.32 Å². The highest BCUT2D eigenvalue weighted by Crippen LogP contribution is 2.37. The van der Waals surface area contributed by atoms with Crippen LogP contribution >= 0.6 is 0 Å². The average molecular weight is 494 g/mol. The summed E-state index contributed by atoms with van der Waals surface area (Å²) in [5.74, 6) is -0.971. The summed E-state index contributed by atoms with van der Waals surface area (Å²) < 4.78 is 1.47. The number of benzene rings is 2. The summed E-state index contributed by atoms with van der Waals surface area (Å²) in [4.78, 5) is 26.8. The standard InChI is InChI=1S/C28H27N7O2/c1-16-25(17(2)34-33-16)20-6-9-21(10-7-20)31-28(37)26(32-27(36)24-12-13-30-35(24)3)22-11-8-19-5-4-18(15-29)14-23(19)22/h4-7,9-10,12-14,22,26H,8,11H2,1-3H3,(H,31,37)(H,32,36)(H,33,34)/t22-,26+/m1/s1. The molecule has 2 heterocycles. The van der Waals surface area contributed by atoms with Gasteiger partial charge in [0.25, 0.3) is 5.91 Å². The van der Waals surface area contributed by atoms with Crippen molar-refractivity contribution < 1.29 is 9.59 Å². The van der Waals surface area contributed by atoms with E-state index >= 15 is 0 Å². The normalized spacial score (nSPS) is 15.0. The second kappa shape index (κ2) is 9.74. The Labute approximate surface area is 214 Å². The number of aromatic amines is 1. The highest BCUT2D eigenvalue weighted by atomic mass is 16.2. The Kier molecular flexibility index (Phi) is 6.32. The number of H-pyrrole nitrogens is 1. The van der Waals surface area contributed by atoms with Gasteiger partial charge in [0, 0.05) is 36.1 Å². The first-order chi connectivity index (χ1) is 17.9. The monoisotopic (exact) mass is 493 g/mol. The van der Waals surface area contributed by atoms with Gasteiger partial charge in [0.15, 0.2) is 0 Å². The van der Waals surface area contributed by atoms with E-state index < -0.39 is 6.04 Å². The van der Waals surface area contributed by atoms with Gasteiger partial charge in [-0.3, -0.25) is 19.4 Å². The van der Waals surface area contributed by atoms with E-state index in [-0.39, 0.29) is 17.7 Å². The topological polar surface area (TPSA) is 128 Å². The van der Waals surface area contributed by atoms with Crippen LogP contribution in [0.15, 0.2) is 54.7 Å². The van der Waals surface area contributed by atoms with Crippen molar-refractivity contribution in [1.29, 1.82) is 5.26 Å². The first-order valence-corrected chi connectivity index (χ1v) is 12.1. The maximum absolute atomic E-state index is 13.6. The van der Waals surface area contributed by atoms with E-state index in [0.29, 0.717) is 23.4 Å². The Morgan fingerprint density at radius 1 is 1.16 bits per heavy atom. The van der Waals surface area contributed by atoms with Gasteiger partial charge in [-0.05, 0) is 73.7 Å². The summed E-state index contributed by atoms with van der Waals surface area (Å²) >= 11 is 0. The minimum atomic E-state index is -0.837. The van der Waals surface area contributed by atoms with Crippen molar-refractivity contribution in [2.24, 2.45) is 7.05 Å². The minimum Gasteiger partial charge on any atom is -0.338 e. The van der Waals surface area contributed by atoms with Crippen LogP contribution in [0.4, 0.5) is 5.69 Å². The molecular weight excluding hydrogens is 466 g/mol. The van der Waals surface area contributed by atoms with E-state index in [4.69, 9.17) is 0 Å². The van der Waals surface area contributed by atoms with Crippen LogP contribution in [0.25, 0.3) is 11.1 Å². The quantitative estimate of drug-likeness (QED) is 0.377. The minimum absolute atomic E-state index is 0.268. The van der Waals surface area contributed by atoms with Crippen molar-refractivity contribution >= 4 is 17.5 Å². The second-order valence-electron chi connectivity index (χ2n) is 9.34. The molecule has 0 fully saturated rings. The number of aromatic nitrogens is 4. The maximum atomic E-state index is 13.6. The summed E-state index contributed by atoms with van der Waals surface area (Å²) in [6, 6.07) is 16.1. The number of nitrogens with zero attached hydrogens (tertiary/aromatic N) is 4. The molecule has 186 valence electrons. The lowest BCUT2D eigenvalue weighted by molar-refractivity contribution is -0.118. The molecule has 3 N–H and O–H groups in total. The lowest BCUT2D eigenvalue weighted by Crippen LogP contribution is -2.47. The number of hydrogen-bond acceptors (Lipinski definition) is 5. The summed E-state index contributed by atoms with van der Waals surface area (Å²) in [5.41, 5.74) is 7.44. The van der Waals surface area contributed by atoms with Crippen LogP contribution in [0.3, 0.4) is 0 Å². The third kappa shape index (κ3) is 4.61. The second-order valence-corrected chi connectivity index (χ2v) is 9.34. The maximum Gasteiger partial charge on any atom is 0.270 e. The summed E-state index contributed by atoms with van der Waals surface area (Å²) in [7, 11) is 1.68. The molecule has 1 aliphatic rings. The molecule has 0 saturated heterocycles. The van der Waals surface area contributed by atoms with Crippen LogP contribution in [-0.4, -0.2) is 37.8 Å². The molecule has 2 atom stereocenters. The molecule has 0 bridgehead atoms. The molecule has 2 aromatic heterocycles. The lowest BCUT2D eigenvalue weighted by atomic mass is 9.91. The SMILES string of the molecule is Cc1n[nH]c(C)c1-c1ccc(NC(=O)[C@@H](NC(=O)c2ccnn2C)[C@@H]2CCc3ccc(C#N)cc32)cc1. The first-order valence-electron chi connectivity index (χ1n) is 12.1. The molecule has 1 aliphatic carbocycles. The highest BCUT2D eigenvalue weighted by molar-refractivity contribution is 6.01. The van der Waals surface area contributed by atoms with E-state index in [2.05, 4.69) is 32.0 Å². The summed E-state index contributed by atoms with van der Waals surface area (Å²) in [6.45, 7) is 3.92. The number of amides is 2. The number of nitrogens with one attached hydrogen (secondary N) is 3. The van der Waals surface area contributed by atoms with E-state index in [1.165, 1.54) is 4.68 Å². The predicted molar refractivity (Wildman–Crippen MR) is 139 cm³/mol. The van der Waals surface area contributed by atoms with Gasteiger partial charge in [0.2, 0.25) is 5.91 Å². The van der Waals surface area contributed by atoms with Crippen LogP contribution in [0.5, 0.6) is 0 Å². The van der Waals surface area contributed by atoms with Gasteiger partial charge >= 0.3 is 0 Å². The van der Waals surface area contributed by atoms with Gasteiger partial charge in [0.05, 0.1) is 17.3 Å². The lowest BCUT2D eigenvalue weighted by Gasteiger charge is -2.25. The molecule has 2 amide bonds. The molecule has 0 unspecified atom stereocenters. The molecule has 9 heteroatoms. The molecule has 0 saturated carbocycles. The number of carbonyl (C=O) groups excluding carboxylic acids is 2. The molecule has 0 radical (unpaired) electrons. The zero-order chi connectivity index (χ0) is 26.1. The highest BCUT2D eigenvalue weighted by Gasteiger charge is 2.36. The van der Waals surface area contributed by atoms with Gasteiger partial charge in [-0.15, -0.1) is 0 Å². The van der Waals surface area contributed by atoms with Gasteiger partial charge in [-0.25, -0.2) is 0 Å². The number of rotatable bonds is 6. The number of hydrogen-bond donors (Lipinski definition) is 3. The van der Waals surface area contributed by atoms with Gasteiger partial charge in [-0.2, -0.15) is 15.5 Å². The number of anilines is 1. The molecular formula is C28H27N7O2. The van der Waals surface area contributed by atoms with Gasteiger partial charge in [-0.1, -0.05) is 18.2 Å². The fraction of sp³-hybridized carbons (Fsp3) is 0.250. The van der Waals surface area contributed by atoms with Crippen LogP contribution in [0.2, 0.25) is 0 Å². The van der Waals surface area contributed by atoms with Crippen molar-refractivity contribution in [2.45, 2.75) is 38.6 Å². The molecule has 37 heavy (non-hydrogen) atoms. The Balaban J connectivity index is 1.43. The van der Waals surface area contributed by atoms with E-state index in [9.17, 15) is 14.9 Å². The van der Waals surface area contributed by atoms with Crippen LogP contribution in [0, 0.1) is 25.2 Å². The fourth-order valence-electron chi connectivity index (χ4n) is 5.13. The van der Waals surface area contributed by atoms with Crippen molar-refractivity contribution in [1.82, 2.24) is 25.3 Å². The molecule has 4 aromatic rings. The van der Waals surface area contributed by atoms with Crippen LogP contribution in [0.1, 0.15) is 50.9 Å². The molecule has 9 nitrogen and oxygen atoms in total. The van der Waals surface area contributed by atoms with E-state index in [1.54, 1.807) is 25.4 Å². The number of nitriles is 1. The third-order valence-electron chi connectivity index (χ3n) is 6.99. The molecule has 0 aliphatic heterocycles. The predicted octanol–water partition coefficient (Wildman–Crippen LogP) is 3.77. The molecule has 5 rings (SSSR count). The van der Waals surface area contributed by atoms with Gasteiger partial charge in [0.1, 0.15) is 11.7 Å².